The summed E-state index contributed by atoms with van der Waals surface area (Å²) in [5.74, 6) is -0.0849. The zero-order valence-electron chi connectivity index (χ0n) is 15.4. The second kappa shape index (κ2) is 7.45. The van der Waals surface area contributed by atoms with Gasteiger partial charge in [0.2, 0.25) is 0 Å². The topological polar surface area (TPSA) is 56.1 Å². The number of nitriles is 1. The summed E-state index contributed by atoms with van der Waals surface area (Å²) in [7, 11) is 0. The highest BCUT2D eigenvalue weighted by molar-refractivity contribution is 6.07. The Morgan fingerprint density at radius 1 is 1.23 bits per heavy atom. The van der Waals surface area contributed by atoms with Gasteiger partial charge in [0.15, 0.2) is 0 Å². The highest BCUT2D eigenvalue weighted by Gasteiger charge is 2.20. The van der Waals surface area contributed by atoms with E-state index in [0.29, 0.717) is 0 Å². The van der Waals surface area contributed by atoms with Gasteiger partial charge in [-0.1, -0.05) is 50.2 Å². The van der Waals surface area contributed by atoms with E-state index in [-0.39, 0.29) is 17.4 Å². The van der Waals surface area contributed by atoms with Crippen molar-refractivity contribution in [2.24, 2.45) is 0 Å². The first kappa shape index (κ1) is 17.8. The SMILES string of the molecule is Cc1cccc(C(C)C)c1NC(=O)/C(C#N)=C\N1CCc2ccccc21. The number of anilines is 2. The van der Waals surface area contributed by atoms with Gasteiger partial charge in [0.05, 0.1) is 0 Å². The zero-order chi connectivity index (χ0) is 18.7. The van der Waals surface area contributed by atoms with E-state index >= 15 is 0 Å². The summed E-state index contributed by atoms with van der Waals surface area (Å²) in [6, 6.07) is 16.1. The third-order valence-corrected chi connectivity index (χ3v) is 4.74. The summed E-state index contributed by atoms with van der Waals surface area (Å²) >= 11 is 0. The summed E-state index contributed by atoms with van der Waals surface area (Å²) in [4.78, 5) is 14.7. The van der Waals surface area contributed by atoms with Crippen LogP contribution in [0.25, 0.3) is 0 Å². The molecule has 26 heavy (non-hydrogen) atoms. The molecule has 4 nitrogen and oxygen atoms in total. The fraction of sp³-hybridized carbons (Fsp3) is 0.273. The van der Waals surface area contributed by atoms with E-state index in [1.807, 2.05) is 48.2 Å². The van der Waals surface area contributed by atoms with Crippen molar-refractivity contribution in [3.05, 3.63) is 70.9 Å². The van der Waals surface area contributed by atoms with Gasteiger partial charge in [0, 0.05) is 24.1 Å². The minimum absolute atomic E-state index is 0.111. The number of nitrogens with one attached hydrogen (secondary N) is 1. The van der Waals surface area contributed by atoms with Crippen LogP contribution in [0, 0.1) is 18.3 Å². The molecule has 132 valence electrons. The highest BCUT2D eigenvalue weighted by Crippen LogP contribution is 2.29. The number of hydrogen-bond acceptors (Lipinski definition) is 3. The first-order chi connectivity index (χ1) is 12.5. The standard InChI is InChI=1S/C22H23N3O/c1-15(2)19-9-6-7-16(3)21(19)24-22(26)18(13-23)14-25-12-11-17-8-4-5-10-20(17)25/h4-10,14-15H,11-12H2,1-3H3,(H,24,26)/b18-14-. The lowest BCUT2D eigenvalue weighted by atomic mass is 9.98. The Balaban J connectivity index is 1.87. The Morgan fingerprint density at radius 3 is 2.73 bits per heavy atom. The van der Waals surface area contributed by atoms with Crippen molar-refractivity contribution in [2.45, 2.75) is 33.1 Å². The fourth-order valence-electron chi connectivity index (χ4n) is 3.32. The van der Waals surface area contributed by atoms with Crippen LogP contribution in [0.2, 0.25) is 0 Å². The number of amides is 1. The first-order valence-corrected chi connectivity index (χ1v) is 8.88. The van der Waals surface area contributed by atoms with Crippen LogP contribution in [0.1, 0.15) is 36.5 Å². The second-order valence-electron chi connectivity index (χ2n) is 6.87. The molecule has 0 saturated carbocycles. The average Bonchev–Trinajstić information content (AvgIpc) is 3.04. The smallest absolute Gasteiger partial charge is 0.267 e. The van der Waals surface area contributed by atoms with E-state index in [9.17, 15) is 10.1 Å². The molecule has 2 aromatic rings. The molecule has 0 fully saturated rings. The van der Waals surface area contributed by atoms with Crippen molar-refractivity contribution >= 4 is 17.3 Å². The average molecular weight is 345 g/mol. The Bertz CT molecular complexity index is 906. The normalized spacial score (nSPS) is 13.5. The molecule has 0 saturated heterocycles. The monoisotopic (exact) mass is 345 g/mol. The van der Waals surface area contributed by atoms with Crippen LogP contribution in [-0.4, -0.2) is 12.5 Å². The molecule has 1 amide bonds. The molecule has 0 spiro atoms. The molecule has 0 bridgehead atoms. The maximum atomic E-state index is 12.7. The molecular weight excluding hydrogens is 322 g/mol. The molecule has 0 atom stereocenters. The van der Waals surface area contributed by atoms with Gasteiger partial charge >= 0.3 is 0 Å². The molecule has 4 heteroatoms. The van der Waals surface area contributed by atoms with Crippen LogP contribution in [0.4, 0.5) is 11.4 Å². The van der Waals surface area contributed by atoms with E-state index in [2.05, 4.69) is 31.3 Å². The summed E-state index contributed by atoms with van der Waals surface area (Å²) < 4.78 is 0. The third-order valence-electron chi connectivity index (χ3n) is 4.74. The Hall–Kier alpha value is -3.06. The summed E-state index contributed by atoms with van der Waals surface area (Å²) in [6.45, 7) is 6.92. The van der Waals surface area contributed by atoms with Crippen LogP contribution in [-0.2, 0) is 11.2 Å². The molecule has 1 aliphatic rings. The van der Waals surface area contributed by atoms with Crippen LogP contribution in [0.15, 0.2) is 54.2 Å². The van der Waals surface area contributed by atoms with Crippen molar-refractivity contribution in [3.63, 3.8) is 0 Å². The van der Waals surface area contributed by atoms with E-state index in [1.54, 1.807) is 6.20 Å². The number of carbonyl (C=O) groups is 1. The fourth-order valence-corrected chi connectivity index (χ4v) is 3.32. The number of carbonyl (C=O) groups excluding carboxylic acids is 1. The number of nitrogens with zero attached hydrogens (tertiary/aromatic N) is 2. The van der Waals surface area contributed by atoms with Crippen LogP contribution in [0.3, 0.4) is 0 Å². The molecule has 3 rings (SSSR count). The van der Waals surface area contributed by atoms with Gasteiger partial charge in [-0.25, -0.2) is 0 Å². The van der Waals surface area contributed by atoms with Crippen molar-refractivity contribution < 1.29 is 4.79 Å². The van der Waals surface area contributed by atoms with Gasteiger partial charge in [0.1, 0.15) is 11.6 Å². The first-order valence-electron chi connectivity index (χ1n) is 8.88. The quantitative estimate of drug-likeness (QED) is 0.654. The minimum atomic E-state index is -0.368. The lowest BCUT2D eigenvalue weighted by molar-refractivity contribution is -0.112. The van der Waals surface area contributed by atoms with Gasteiger partial charge in [-0.2, -0.15) is 5.26 Å². The maximum absolute atomic E-state index is 12.7. The van der Waals surface area contributed by atoms with Gasteiger partial charge in [-0.3, -0.25) is 4.79 Å². The molecular formula is C22H23N3O. The third kappa shape index (κ3) is 3.48. The Morgan fingerprint density at radius 2 is 2.00 bits per heavy atom. The largest absolute Gasteiger partial charge is 0.346 e. The number of rotatable bonds is 4. The predicted molar refractivity (Wildman–Crippen MR) is 105 cm³/mol. The lowest BCUT2D eigenvalue weighted by Crippen LogP contribution is -2.20. The van der Waals surface area contributed by atoms with Crippen molar-refractivity contribution in [1.82, 2.24) is 0 Å². The molecule has 0 aromatic heterocycles. The Kier molecular flexibility index (Phi) is 5.09. The summed E-state index contributed by atoms with van der Waals surface area (Å²) in [6.07, 6.45) is 2.58. The second-order valence-corrected chi connectivity index (χ2v) is 6.87. The molecule has 1 N–H and O–H groups in total. The predicted octanol–water partition coefficient (Wildman–Crippen LogP) is 4.53. The van der Waals surface area contributed by atoms with Crippen molar-refractivity contribution in [2.75, 3.05) is 16.8 Å². The minimum Gasteiger partial charge on any atom is -0.346 e. The number of fused-ring (bicyclic) bond motifs is 1. The molecule has 0 radical (unpaired) electrons. The zero-order valence-corrected chi connectivity index (χ0v) is 15.4. The van der Waals surface area contributed by atoms with E-state index in [0.717, 1.165) is 35.5 Å². The van der Waals surface area contributed by atoms with Gasteiger partial charge in [0.25, 0.3) is 5.91 Å². The number of benzene rings is 2. The summed E-state index contributed by atoms with van der Waals surface area (Å²) in [5, 5.41) is 12.5. The van der Waals surface area contributed by atoms with Crippen LogP contribution < -0.4 is 10.2 Å². The van der Waals surface area contributed by atoms with Crippen LogP contribution in [0.5, 0.6) is 0 Å². The van der Waals surface area contributed by atoms with Gasteiger partial charge in [-0.05, 0) is 42.0 Å². The van der Waals surface area contributed by atoms with E-state index < -0.39 is 0 Å². The van der Waals surface area contributed by atoms with E-state index in [4.69, 9.17) is 0 Å². The van der Waals surface area contributed by atoms with Crippen LogP contribution >= 0.6 is 0 Å². The number of para-hydroxylation sites is 2. The summed E-state index contributed by atoms with van der Waals surface area (Å²) in [5.41, 5.74) is 5.28. The van der Waals surface area contributed by atoms with E-state index in [1.165, 1.54) is 5.56 Å². The lowest BCUT2D eigenvalue weighted by Gasteiger charge is -2.17. The highest BCUT2D eigenvalue weighted by atomic mass is 16.1. The molecule has 1 aliphatic heterocycles. The molecule has 1 heterocycles. The Labute approximate surface area is 154 Å². The number of hydrogen-bond donors (Lipinski definition) is 1. The maximum Gasteiger partial charge on any atom is 0.267 e. The van der Waals surface area contributed by atoms with Gasteiger partial charge in [-0.15, -0.1) is 0 Å². The molecule has 2 aromatic carbocycles. The molecule has 0 aliphatic carbocycles. The number of aryl methyl sites for hydroxylation is 1. The van der Waals surface area contributed by atoms with Crippen molar-refractivity contribution in [3.8, 4) is 6.07 Å². The van der Waals surface area contributed by atoms with Gasteiger partial charge < -0.3 is 10.2 Å². The molecule has 0 unspecified atom stereocenters. The van der Waals surface area contributed by atoms with Crippen molar-refractivity contribution in [1.29, 1.82) is 5.26 Å².